The molecule has 0 radical (unpaired) electrons. The summed E-state index contributed by atoms with van der Waals surface area (Å²) in [4.78, 5) is 12.4. The molecule has 2 N–H and O–H groups in total. The van der Waals surface area contributed by atoms with Crippen LogP contribution in [0.4, 0.5) is 5.69 Å². The van der Waals surface area contributed by atoms with Gasteiger partial charge in [-0.2, -0.15) is 0 Å². The van der Waals surface area contributed by atoms with E-state index in [4.69, 9.17) is 0 Å². The van der Waals surface area contributed by atoms with Crippen LogP contribution in [-0.2, 0) is 21.2 Å². The molecule has 2 aromatic carbocycles. The minimum absolute atomic E-state index is 0.0448. The van der Waals surface area contributed by atoms with Crippen molar-refractivity contribution in [3.8, 4) is 0 Å². The van der Waals surface area contributed by atoms with Gasteiger partial charge in [0.05, 0.1) is 4.90 Å². The molecule has 1 amide bonds. The number of amides is 1. The van der Waals surface area contributed by atoms with Crippen LogP contribution in [0, 0.1) is 3.57 Å². The minimum Gasteiger partial charge on any atom is -0.326 e. The van der Waals surface area contributed by atoms with E-state index < -0.39 is 10.0 Å². The molecule has 0 saturated heterocycles. The number of carbonyl (C=O) groups is 1. The van der Waals surface area contributed by atoms with Gasteiger partial charge in [0.25, 0.3) is 0 Å². The quantitative estimate of drug-likeness (QED) is 0.538. The Hall–Kier alpha value is -1.45. The number of hydrogen-bond donors (Lipinski definition) is 2. The maximum Gasteiger partial charge on any atom is 0.240 e. The molecule has 0 atom stereocenters. The third-order valence-electron chi connectivity index (χ3n) is 4.93. The van der Waals surface area contributed by atoms with Gasteiger partial charge in [-0.3, -0.25) is 4.79 Å². The lowest BCUT2D eigenvalue weighted by molar-refractivity contribution is -0.116. The van der Waals surface area contributed by atoms with Crippen LogP contribution in [0.15, 0.2) is 53.4 Å². The van der Waals surface area contributed by atoms with Gasteiger partial charge >= 0.3 is 0 Å². The highest BCUT2D eigenvalue weighted by Gasteiger charge is 2.21. The summed E-state index contributed by atoms with van der Waals surface area (Å²) < 4.78 is 29.0. The van der Waals surface area contributed by atoms with Crippen molar-refractivity contribution in [1.82, 2.24) is 4.72 Å². The van der Waals surface area contributed by atoms with Crippen molar-refractivity contribution in [2.45, 2.75) is 55.9 Å². The van der Waals surface area contributed by atoms with Crippen LogP contribution in [0.3, 0.4) is 0 Å². The van der Waals surface area contributed by atoms with Crippen LogP contribution in [0.2, 0.25) is 0 Å². The Kier molecular flexibility index (Phi) is 7.48. The second-order valence-electron chi connectivity index (χ2n) is 7.16. The zero-order chi connectivity index (χ0) is 20.0. The molecular weight excluding hydrogens is 487 g/mol. The molecule has 0 aliphatic heterocycles. The molecule has 1 fully saturated rings. The fourth-order valence-electron chi connectivity index (χ4n) is 3.36. The highest BCUT2D eigenvalue weighted by Crippen LogP contribution is 2.20. The summed E-state index contributed by atoms with van der Waals surface area (Å²) in [5.74, 6) is -0.0585. The van der Waals surface area contributed by atoms with Gasteiger partial charge in [-0.15, -0.1) is 0 Å². The first-order chi connectivity index (χ1) is 13.4. The highest BCUT2D eigenvalue weighted by atomic mass is 127. The van der Waals surface area contributed by atoms with Gasteiger partial charge in [0.2, 0.25) is 15.9 Å². The largest absolute Gasteiger partial charge is 0.326 e. The van der Waals surface area contributed by atoms with Crippen LogP contribution in [0.25, 0.3) is 0 Å². The molecule has 0 spiro atoms. The van der Waals surface area contributed by atoms with Crippen molar-refractivity contribution < 1.29 is 13.2 Å². The Labute approximate surface area is 180 Å². The first-order valence-corrected chi connectivity index (χ1v) is 12.2. The van der Waals surface area contributed by atoms with Gasteiger partial charge in [-0.05, 0) is 83.8 Å². The maximum absolute atomic E-state index is 12.5. The van der Waals surface area contributed by atoms with Gasteiger partial charge < -0.3 is 5.32 Å². The summed E-state index contributed by atoms with van der Waals surface area (Å²) in [5, 5.41) is 2.87. The van der Waals surface area contributed by atoms with E-state index in [0.29, 0.717) is 12.8 Å². The first kappa shape index (κ1) is 21.3. The van der Waals surface area contributed by atoms with Crippen molar-refractivity contribution in [3.63, 3.8) is 0 Å². The molecule has 28 heavy (non-hydrogen) atoms. The second kappa shape index (κ2) is 9.84. The predicted octanol–water partition coefficient (Wildman–Crippen LogP) is 4.47. The molecule has 0 aromatic heterocycles. The normalized spacial score (nSPS) is 15.3. The van der Waals surface area contributed by atoms with E-state index >= 15 is 0 Å². The van der Waals surface area contributed by atoms with Crippen molar-refractivity contribution in [1.29, 1.82) is 0 Å². The molecule has 1 aliphatic carbocycles. The van der Waals surface area contributed by atoms with Gasteiger partial charge in [-0.25, -0.2) is 13.1 Å². The lowest BCUT2D eigenvalue weighted by atomic mass is 9.96. The molecule has 150 valence electrons. The Morgan fingerprint density at radius 1 is 0.964 bits per heavy atom. The van der Waals surface area contributed by atoms with Crippen molar-refractivity contribution in [2.75, 3.05) is 5.32 Å². The second-order valence-corrected chi connectivity index (χ2v) is 10.1. The third-order valence-corrected chi connectivity index (χ3v) is 7.18. The van der Waals surface area contributed by atoms with Gasteiger partial charge in [-0.1, -0.05) is 31.4 Å². The van der Waals surface area contributed by atoms with E-state index in [2.05, 4.69) is 32.6 Å². The summed E-state index contributed by atoms with van der Waals surface area (Å²) in [6.07, 6.45) is 6.07. The molecule has 0 unspecified atom stereocenters. The first-order valence-electron chi connectivity index (χ1n) is 9.59. The van der Waals surface area contributed by atoms with E-state index in [1.165, 1.54) is 6.42 Å². The number of aryl methyl sites for hydroxylation is 1. The van der Waals surface area contributed by atoms with Gasteiger partial charge in [0.1, 0.15) is 0 Å². The number of rotatable bonds is 7. The molecule has 3 rings (SSSR count). The smallest absolute Gasteiger partial charge is 0.240 e. The number of nitrogens with one attached hydrogen (secondary N) is 2. The molecule has 5 nitrogen and oxygen atoms in total. The van der Waals surface area contributed by atoms with Crippen LogP contribution in [0.5, 0.6) is 0 Å². The highest BCUT2D eigenvalue weighted by molar-refractivity contribution is 14.1. The Bertz CT molecular complexity index is 890. The van der Waals surface area contributed by atoms with E-state index in [1.807, 2.05) is 24.3 Å². The average molecular weight is 512 g/mol. The topological polar surface area (TPSA) is 75.3 Å². The molecule has 7 heteroatoms. The minimum atomic E-state index is -3.48. The lowest BCUT2D eigenvalue weighted by Crippen LogP contribution is -2.36. The number of hydrogen-bond acceptors (Lipinski definition) is 3. The standard InChI is InChI=1S/C21H25IN2O3S/c22-17-9-11-18(12-10-17)23-21(25)15-8-16-6-13-20(14-7-16)28(26,27)24-19-4-2-1-3-5-19/h6-7,9-14,19,24H,1-5,8,15H2,(H,23,25). The van der Waals surface area contributed by atoms with Crippen LogP contribution >= 0.6 is 22.6 Å². The van der Waals surface area contributed by atoms with E-state index in [-0.39, 0.29) is 16.8 Å². The zero-order valence-corrected chi connectivity index (χ0v) is 18.6. The molecule has 0 bridgehead atoms. The molecule has 2 aromatic rings. The van der Waals surface area contributed by atoms with Gasteiger partial charge in [0, 0.05) is 21.7 Å². The molecule has 1 aliphatic rings. The number of sulfonamides is 1. The van der Waals surface area contributed by atoms with Gasteiger partial charge in [0.15, 0.2) is 0 Å². The Morgan fingerprint density at radius 3 is 2.25 bits per heavy atom. The Balaban J connectivity index is 1.52. The summed E-state index contributed by atoms with van der Waals surface area (Å²) in [7, 11) is -3.48. The zero-order valence-electron chi connectivity index (χ0n) is 15.7. The third kappa shape index (κ3) is 6.28. The van der Waals surface area contributed by atoms with E-state index in [1.54, 1.807) is 24.3 Å². The van der Waals surface area contributed by atoms with Crippen molar-refractivity contribution in [3.05, 3.63) is 57.7 Å². The number of benzene rings is 2. The van der Waals surface area contributed by atoms with E-state index in [0.717, 1.165) is 40.5 Å². The SMILES string of the molecule is O=C(CCc1ccc(S(=O)(=O)NC2CCCCC2)cc1)Nc1ccc(I)cc1. The fraction of sp³-hybridized carbons (Fsp3) is 0.381. The van der Waals surface area contributed by atoms with Crippen molar-refractivity contribution >= 4 is 44.2 Å². The fourth-order valence-corrected chi connectivity index (χ4v) is 5.02. The monoisotopic (exact) mass is 512 g/mol. The van der Waals surface area contributed by atoms with E-state index in [9.17, 15) is 13.2 Å². The summed E-state index contributed by atoms with van der Waals surface area (Å²) in [5.41, 5.74) is 1.72. The molecule has 0 heterocycles. The maximum atomic E-state index is 12.5. The van der Waals surface area contributed by atoms with Crippen molar-refractivity contribution in [2.24, 2.45) is 0 Å². The average Bonchev–Trinajstić information content (AvgIpc) is 2.69. The number of halogens is 1. The summed E-state index contributed by atoms with van der Waals surface area (Å²) in [6.45, 7) is 0. The van der Waals surface area contributed by atoms with Crippen LogP contribution in [0.1, 0.15) is 44.1 Å². The lowest BCUT2D eigenvalue weighted by Gasteiger charge is -2.22. The number of carbonyl (C=O) groups excluding carboxylic acids is 1. The summed E-state index contributed by atoms with van der Waals surface area (Å²) >= 11 is 2.22. The van der Waals surface area contributed by atoms with Crippen LogP contribution < -0.4 is 10.0 Å². The number of anilines is 1. The molecule has 1 saturated carbocycles. The van der Waals surface area contributed by atoms with Crippen LogP contribution in [-0.4, -0.2) is 20.4 Å². The summed E-state index contributed by atoms with van der Waals surface area (Å²) in [6, 6.07) is 14.5. The molecular formula is C21H25IN2O3S. The Morgan fingerprint density at radius 2 is 1.61 bits per heavy atom. The predicted molar refractivity (Wildman–Crippen MR) is 120 cm³/mol.